The van der Waals surface area contributed by atoms with Crippen molar-refractivity contribution in [3.63, 3.8) is 0 Å². The minimum atomic E-state index is -8.40. The molecule has 1 heterocycles. The Hall–Kier alpha value is -4.61. The van der Waals surface area contributed by atoms with E-state index in [0.29, 0.717) is 11.0 Å². The van der Waals surface area contributed by atoms with Crippen LogP contribution in [0.1, 0.15) is 27.7 Å². The minimum Gasteiger partial charge on any atom is -0.456 e. The third-order valence-corrected chi connectivity index (χ3v) is 16.7. The summed E-state index contributed by atoms with van der Waals surface area (Å²) in [6.45, 7) is 7.83. The van der Waals surface area contributed by atoms with E-state index >= 15 is 0 Å². The van der Waals surface area contributed by atoms with Crippen molar-refractivity contribution in [3.8, 4) is 22.5 Å². The van der Waals surface area contributed by atoms with E-state index in [1.54, 1.807) is 37.2 Å². The van der Waals surface area contributed by atoms with Crippen molar-refractivity contribution in [1.29, 1.82) is 0 Å². The first-order valence-electron chi connectivity index (χ1n) is 18.7. The van der Waals surface area contributed by atoms with Gasteiger partial charge in [-0.05, 0) is 58.0 Å². The van der Waals surface area contributed by atoms with E-state index in [4.69, 9.17) is 4.42 Å². The molecule has 0 radical (unpaired) electrons. The van der Waals surface area contributed by atoms with Gasteiger partial charge in [-0.1, -0.05) is 6.07 Å². The van der Waals surface area contributed by atoms with Gasteiger partial charge in [0.15, 0.2) is 20.0 Å². The first-order chi connectivity index (χ1) is 31.3. The Balaban J connectivity index is 2.19. The number of halogens is 18. The predicted molar refractivity (Wildman–Crippen MR) is 209 cm³/mol. The van der Waals surface area contributed by atoms with E-state index in [9.17, 15) is 113 Å². The highest BCUT2D eigenvalue weighted by atomic mass is 32.3. The van der Waals surface area contributed by atoms with E-state index in [1.165, 1.54) is 32.5 Å². The highest BCUT2D eigenvalue weighted by Crippen LogP contribution is 2.58. The van der Waals surface area contributed by atoms with Crippen LogP contribution in [0.25, 0.3) is 41.7 Å². The van der Waals surface area contributed by atoms with Crippen LogP contribution < -0.4 is 14.8 Å². The van der Waals surface area contributed by atoms with Gasteiger partial charge in [-0.3, -0.25) is 0 Å². The Kier molecular flexibility index (Phi) is 15.0. The van der Waals surface area contributed by atoms with Crippen molar-refractivity contribution >= 4 is 56.7 Å². The van der Waals surface area contributed by atoms with Crippen molar-refractivity contribution in [2.75, 3.05) is 31.1 Å². The molecule has 2 aromatic carbocycles. The van der Waals surface area contributed by atoms with Crippen LogP contribution in [0, 0.1) is 0 Å². The molecule has 0 saturated carbocycles. The second-order valence-corrected chi connectivity index (χ2v) is 21.1. The molecule has 0 saturated heterocycles. The maximum Gasteiger partial charge on any atom is 0.460 e. The number of rotatable bonds is 18. The molecular formula is C35H29F18N4O9S4-. The molecule has 2 aliphatic rings. The second kappa shape index (κ2) is 18.2. The molecule has 13 nitrogen and oxygen atoms in total. The van der Waals surface area contributed by atoms with Gasteiger partial charge in [-0.15, -0.1) is 0 Å². The van der Waals surface area contributed by atoms with Crippen LogP contribution in [-0.2, 0) is 40.1 Å². The smallest absolute Gasteiger partial charge is 0.456 e. The number of hydrogen-bond acceptors (Lipinski definition) is 10. The third kappa shape index (κ3) is 9.36. The van der Waals surface area contributed by atoms with Crippen molar-refractivity contribution in [2.24, 2.45) is 0 Å². The van der Waals surface area contributed by atoms with Crippen LogP contribution in [0.2, 0.25) is 0 Å². The fraction of sp³-hybridized carbons (Fsp3) is 0.457. The molecule has 35 heteroatoms. The maximum absolute atomic E-state index is 14.9. The number of alkyl halides is 18. The first kappa shape index (κ1) is 58.0. The molecule has 0 amide bonds. The summed E-state index contributed by atoms with van der Waals surface area (Å²) in [6.07, 6.45) is -15.4. The molecule has 0 fully saturated rings. The van der Waals surface area contributed by atoms with Gasteiger partial charge < -0.3 is 17.6 Å². The van der Waals surface area contributed by atoms with E-state index in [1.807, 2.05) is 0 Å². The largest absolute Gasteiger partial charge is 0.460 e. The standard InChI is InChI=1S/C35H29F18N4O9S4/c1-5-56(6-2)18-9-12-21-24(15-18)66-25-16-19(57(7-3)8-4)10-13-22(25)27(21)23-14-11-20(67(58,59)54-69(62,63)34(50,51)30(40,41)28(36,37)32(44,45)46)17-26(23)68(60,61)55-70(64,65)35(52,53)31(42,43)29(38,39)33(47,48)49/h9-17H,5-8H2,1-4H3/q-1. The molecule has 70 heavy (non-hydrogen) atoms. The summed E-state index contributed by atoms with van der Waals surface area (Å²) in [5.74, 6) is -32.6. The SMILES string of the molecule is CCN(CC)c1ccc2c(-c3ccc(S(=O)(=O)[N-]S(=O)(=O)C(F)(F)C(F)(F)C(F)(F)C(F)(F)F)cc3S(=O)(=O)[N-]S(=O)(=O)C(F)(F)C(F)(F)C(F)(F)C(F)(F)F)c3ccc(=[N+](CC)CC)cc-3oc2c1. The number of nitrogens with zero attached hydrogens (tertiary/aromatic N) is 4. The molecule has 0 N–H and O–H groups in total. The van der Waals surface area contributed by atoms with Gasteiger partial charge in [0.2, 0.25) is 5.36 Å². The summed E-state index contributed by atoms with van der Waals surface area (Å²) in [5, 5.41) is -15.9. The zero-order valence-electron chi connectivity index (χ0n) is 34.9. The Bertz CT molecular complexity index is 3170. The average molecular weight is 1120 g/mol. The van der Waals surface area contributed by atoms with Gasteiger partial charge in [-0.2, -0.15) is 79.0 Å². The van der Waals surface area contributed by atoms with Crippen molar-refractivity contribution in [3.05, 3.63) is 68.2 Å². The molecule has 4 rings (SSSR count). The Morgan fingerprint density at radius 3 is 1.40 bits per heavy atom. The number of hydrogen-bond donors (Lipinski definition) is 0. The molecule has 0 bridgehead atoms. The Labute approximate surface area is 383 Å². The molecular weight excluding hydrogens is 1090 g/mol. The van der Waals surface area contributed by atoms with Gasteiger partial charge in [0.1, 0.15) is 44.5 Å². The zero-order valence-corrected chi connectivity index (χ0v) is 38.2. The quantitative estimate of drug-likeness (QED) is 0.0528. The summed E-state index contributed by atoms with van der Waals surface area (Å²) in [5.41, 5.74) is -2.45. The fourth-order valence-corrected chi connectivity index (χ4v) is 12.0. The Morgan fingerprint density at radius 1 is 0.529 bits per heavy atom. The maximum atomic E-state index is 14.9. The number of fused-ring (bicyclic) bond motifs is 2. The van der Waals surface area contributed by atoms with Crippen LogP contribution in [0.3, 0.4) is 0 Å². The molecule has 0 spiro atoms. The van der Waals surface area contributed by atoms with Gasteiger partial charge in [0, 0.05) is 53.0 Å². The van der Waals surface area contributed by atoms with Crippen LogP contribution in [0.5, 0.6) is 0 Å². The van der Waals surface area contributed by atoms with Crippen LogP contribution >= 0.6 is 0 Å². The Morgan fingerprint density at radius 2 is 0.971 bits per heavy atom. The lowest BCUT2D eigenvalue weighted by Crippen LogP contribution is -2.63. The van der Waals surface area contributed by atoms with Gasteiger partial charge >= 0.3 is 46.6 Å². The molecule has 394 valence electrons. The lowest BCUT2D eigenvalue weighted by molar-refractivity contribution is -0.382. The number of benzene rings is 3. The van der Waals surface area contributed by atoms with Gasteiger partial charge in [0.05, 0.1) is 15.9 Å². The number of anilines is 1. The third-order valence-electron chi connectivity index (χ3n) is 10.0. The summed E-state index contributed by atoms with van der Waals surface area (Å²) >= 11 is 0. The van der Waals surface area contributed by atoms with Crippen LogP contribution in [0.15, 0.2) is 68.8 Å². The zero-order chi connectivity index (χ0) is 54.2. The van der Waals surface area contributed by atoms with E-state index in [-0.39, 0.29) is 49.7 Å². The molecule has 1 aliphatic heterocycles. The minimum absolute atomic E-state index is 0.0456. The summed E-state index contributed by atoms with van der Waals surface area (Å²) < 4.78 is 362. The lowest BCUT2D eigenvalue weighted by Gasteiger charge is -2.37. The molecule has 1 aliphatic carbocycles. The number of sulfonamides is 4. The highest BCUT2D eigenvalue weighted by molar-refractivity contribution is 8.13. The van der Waals surface area contributed by atoms with E-state index in [0.717, 1.165) is 12.1 Å². The summed E-state index contributed by atoms with van der Waals surface area (Å²) in [6, 6.07) is 6.38. The van der Waals surface area contributed by atoms with E-state index < -0.39 is 125 Å². The lowest BCUT2D eigenvalue weighted by atomic mass is 9.93. The average Bonchev–Trinajstić information content (AvgIpc) is 3.21. The van der Waals surface area contributed by atoms with Crippen LogP contribution in [-0.4, -0.2) is 106 Å². The second-order valence-electron chi connectivity index (χ2n) is 14.2. The molecule has 0 unspecified atom stereocenters. The fourth-order valence-electron chi connectivity index (χ4n) is 6.29. The van der Waals surface area contributed by atoms with Crippen LogP contribution in [0.4, 0.5) is 84.7 Å². The highest BCUT2D eigenvalue weighted by Gasteiger charge is 2.85. The summed E-state index contributed by atoms with van der Waals surface area (Å²) in [4.78, 5) is -3.08. The first-order valence-corrected chi connectivity index (χ1v) is 24.5. The molecule has 2 aromatic rings. The van der Waals surface area contributed by atoms with E-state index in [2.05, 4.69) is 0 Å². The van der Waals surface area contributed by atoms with Crippen molar-refractivity contribution in [1.82, 2.24) is 4.58 Å². The summed E-state index contributed by atoms with van der Waals surface area (Å²) in [7, 11) is -31.0. The van der Waals surface area contributed by atoms with Crippen molar-refractivity contribution < 1.29 is 117 Å². The normalized spacial score (nSPS) is 14.7. The van der Waals surface area contributed by atoms with Crippen molar-refractivity contribution in [2.45, 2.75) is 84.0 Å². The van der Waals surface area contributed by atoms with Gasteiger partial charge in [-0.25, -0.2) is 38.2 Å². The topological polar surface area (TPSA) is 184 Å². The monoisotopic (exact) mass is 1120 g/mol. The molecule has 0 atom stereocenters. The predicted octanol–water partition coefficient (Wildman–Crippen LogP) is 9.50. The molecule has 0 aromatic heterocycles. The van der Waals surface area contributed by atoms with Gasteiger partial charge in [0.25, 0.3) is 0 Å².